The Bertz CT molecular complexity index is 912. The molecule has 28 heavy (non-hydrogen) atoms. The number of ether oxygens (including phenoxy) is 2. The Balaban J connectivity index is 2.04. The molecule has 0 atom stereocenters. The Morgan fingerprint density at radius 2 is 2.00 bits per heavy atom. The van der Waals surface area contributed by atoms with Crippen molar-refractivity contribution >= 4 is 34.0 Å². The van der Waals surface area contributed by atoms with Gasteiger partial charge in [-0.15, -0.1) is 0 Å². The van der Waals surface area contributed by atoms with E-state index in [1.54, 1.807) is 12.1 Å². The summed E-state index contributed by atoms with van der Waals surface area (Å²) in [6.07, 6.45) is 1.70. The van der Waals surface area contributed by atoms with Crippen LogP contribution in [0.25, 0.3) is 0 Å². The number of nitrogens with one attached hydrogen (secondary N) is 1. The van der Waals surface area contributed by atoms with Crippen LogP contribution in [0, 0.1) is 13.8 Å². The molecule has 2 aromatic carbocycles. The lowest BCUT2D eigenvalue weighted by Gasteiger charge is -2.12. The lowest BCUT2D eigenvalue weighted by molar-refractivity contribution is -0.139. The largest absolute Gasteiger partial charge is 0.493 e. The van der Waals surface area contributed by atoms with Crippen LogP contribution in [-0.2, 0) is 16.0 Å². The van der Waals surface area contributed by atoms with Crippen LogP contribution >= 0.6 is 15.9 Å². The number of benzene rings is 2. The fourth-order valence-corrected chi connectivity index (χ4v) is 3.10. The SMILES string of the molecule is COc1cc(/C=N/NC(=O)Cc2ccc(C)cc2C)cc(Br)c1OCC(=O)O. The van der Waals surface area contributed by atoms with Gasteiger partial charge in [0, 0.05) is 0 Å². The number of methoxy groups -OCH3 is 1. The van der Waals surface area contributed by atoms with Gasteiger partial charge >= 0.3 is 5.97 Å². The number of halogens is 1. The van der Waals surface area contributed by atoms with Crippen molar-refractivity contribution in [2.24, 2.45) is 5.10 Å². The second-order valence-corrected chi connectivity index (χ2v) is 6.97. The molecule has 8 heteroatoms. The predicted octanol–water partition coefficient (Wildman–Crippen LogP) is 3.23. The molecule has 0 radical (unpaired) electrons. The van der Waals surface area contributed by atoms with E-state index in [1.165, 1.54) is 13.3 Å². The van der Waals surface area contributed by atoms with E-state index in [9.17, 15) is 9.59 Å². The van der Waals surface area contributed by atoms with Gasteiger partial charge in [0.15, 0.2) is 18.1 Å². The number of hydrazone groups is 1. The highest BCUT2D eigenvalue weighted by molar-refractivity contribution is 9.10. The summed E-state index contributed by atoms with van der Waals surface area (Å²) in [7, 11) is 1.45. The molecule has 0 spiro atoms. The van der Waals surface area contributed by atoms with E-state index in [-0.39, 0.29) is 18.1 Å². The summed E-state index contributed by atoms with van der Waals surface area (Å²) in [5.41, 5.74) is 6.29. The average molecular weight is 449 g/mol. The molecule has 0 saturated heterocycles. The summed E-state index contributed by atoms with van der Waals surface area (Å²) in [5.74, 6) is -0.693. The molecule has 0 aliphatic carbocycles. The summed E-state index contributed by atoms with van der Waals surface area (Å²) in [5, 5.41) is 12.7. The zero-order valence-electron chi connectivity index (χ0n) is 15.8. The topological polar surface area (TPSA) is 97.2 Å². The number of rotatable bonds is 8. The van der Waals surface area contributed by atoms with Crippen LogP contribution in [0.15, 0.2) is 39.9 Å². The van der Waals surface area contributed by atoms with Gasteiger partial charge in [0.2, 0.25) is 5.91 Å². The van der Waals surface area contributed by atoms with Crippen molar-refractivity contribution in [3.63, 3.8) is 0 Å². The van der Waals surface area contributed by atoms with Gasteiger partial charge in [-0.05, 0) is 58.6 Å². The maximum Gasteiger partial charge on any atom is 0.341 e. The molecule has 2 N–H and O–H groups in total. The van der Waals surface area contributed by atoms with E-state index < -0.39 is 12.6 Å². The minimum Gasteiger partial charge on any atom is -0.493 e. The van der Waals surface area contributed by atoms with Gasteiger partial charge in [-0.2, -0.15) is 5.10 Å². The van der Waals surface area contributed by atoms with Crippen LogP contribution in [0.5, 0.6) is 11.5 Å². The molecular weight excluding hydrogens is 428 g/mol. The van der Waals surface area contributed by atoms with Gasteiger partial charge in [0.05, 0.1) is 24.2 Å². The number of nitrogens with zero attached hydrogens (tertiary/aromatic N) is 1. The summed E-state index contributed by atoms with van der Waals surface area (Å²) in [6.45, 7) is 3.49. The highest BCUT2D eigenvalue weighted by Crippen LogP contribution is 2.36. The van der Waals surface area contributed by atoms with Crippen molar-refractivity contribution in [2.75, 3.05) is 13.7 Å². The molecule has 0 saturated carbocycles. The highest BCUT2D eigenvalue weighted by Gasteiger charge is 2.13. The van der Waals surface area contributed by atoms with E-state index in [0.717, 1.165) is 16.7 Å². The van der Waals surface area contributed by atoms with Crippen molar-refractivity contribution in [3.8, 4) is 11.5 Å². The minimum absolute atomic E-state index is 0.226. The van der Waals surface area contributed by atoms with E-state index in [2.05, 4.69) is 26.5 Å². The number of carboxylic acids is 1. The normalized spacial score (nSPS) is 10.7. The number of aryl methyl sites for hydroxylation is 2. The van der Waals surface area contributed by atoms with Crippen LogP contribution in [0.2, 0.25) is 0 Å². The van der Waals surface area contributed by atoms with Crippen molar-refractivity contribution < 1.29 is 24.2 Å². The minimum atomic E-state index is -1.09. The fraction of sp³-hybridized carbons (Fsp3) is 0.250. The molecule has 2 rings (SSSR count). The lowest BCUT2D eigenvalue weighted by atomic mass is 10.0. The molecule has 0 aliphatic rings. The summed E-state index contributed by atoms with van der Waals surface area (Å²) in [4.78, 5) is 22.8. The van der Waals surface area contributed by atoms with Gasteiger partial charge in [0.25, 0.3) is 0 Å². The Labute approximate surface area is 171 Å². The number of amides is 1. The molecule has 0 fully saturated rings. The van der Waals surface area contributed by atoms with Crippen LogP contribution < -0.4 is 14.9 Å². The Morgan fingerprint density at radius 3 is 2.64 bits per heavy atom. The number of hydrogen-bond acceptors (Lipinski definition) is 5. The Kier molecular flexibility index (Phi) is 7.57. The van der Waals surface area contributed by atoms with E-state index in [4.69, 9.17) is 14.6 Å². The van der Waals surface area contributed by atoms with Crippen LogP contribution in [0.3, 0.4) is 0 Å². The smallest absolute Gasteiger partial charge is 0.341 e. The number of aliphatic carboxylic acids is 1. The molecule has 0 unspecified atom stereocenters. The number of hydrogen-bond donors (Lipinski definition) is 2. The summed E-state index contributed by atoms with van der Waals surface area (Å²) >= 11 is 3.32. The van der Waals surface area contributed by atoms with Gasteiger partial charge < -0.3 is 14.6 Å². The highest BCUT2D eigenvalue weighted by atomic mass is 79.9. The number of carbonyl (C=O) groups excluding carboxylic acids is 1. The average Bonchev–Trinajstić information content (AvgIpc) is 2.62. The zero-order valence-corrected chi connectivity index (χ0v) is 17.4. The number of carbonyl (C=O) groups is 2. The van der Waals surface area contributed by atoms with Crippen LogP contribution in [-0.4, -0.2) is 36.9 Å². The monoisotopic (exact) mass is 448 g/mol. The standard InChI is InChI=1S/C20H21BrN2O5/c1-12-4-5-15(13(2)6-12)9-18(24)23-22-10-14-7-16(21)20(17(8-14)27-3)28-11-19(25)26/h4-8,10H,9,11H2,1-3H3,(H,23,24)(H,25,26)/b22-10+. The molecule has 0 aliphatic heterocycles. The third kappa shape index (κ3) is 6.09. The third-order valence-corrected chi connectivity index (χ3v) is 4.43. The fourth-order valence-electron chi connectivity index (χ4n) is 2.52. The molecule has 7 nitrogen and oxygen atoms in total. The Morgan fingerprint density at radius 1 is 1.25 bits per heavy atom. The molecule has 148 valence electrons. The van der Waals surface area contributed by atoms with Gasteiger partial charge in [-0.3, -0.25) is 4.79 Å². The predicted molar refractivity (Wildman–Crippen MR) is 109 cm³/mol. The van der Waals surface area contributed by atoms with Crippen molar-refractivity contribution in [1.29, 1.82) is 0 Å². The first-order chi connectivity index (χ1) is 13.3. The van der Waals surface area contributed by atoms with Gasteiger partial charge in [0.1, 0.15) is 0 Å². The van der Waals surface area contributed by atoms with Crippen molar-refractivity contribution in [1.82, 2.24) is 5.43 Å². The quantitative estimate of drug-likeness (QED) is 0.477. The maximum absolute atomic E-state index is 12.1. The van der Waals surface area contributed by atoms with Crippen molar-refractivity contribution in [2.45, 2.75) is 20.3 Å². The second-order valence-electron chi connectivity index (χ2n) is 6.12. The second kappa shape index (κ2) is 9.89. The number of carboxylic acid groups (broad SMARTS) is 1. The van der Waals surface area contributed by atoms with Crippen LogP contribution in [0.1, 0.15) is 22.3 Å². The molecule has 1 amide bonds. The first-order valence-electron chi connectivity index (χ1n) is 8.40. The maximum atomic E-state index is 12.1. The van der Waals surface area contributed by atoms with Gasteiger partial charge in [-0.25, -0.2) is 10.2 Å². The third-order valence-electron chi connectivity index (χ3n) is 3.84. The molecular formula is C20H21BrN2O5. The van der Waals surface area contributed by atoms with Gasteiger partial charge in [-0.1, -0.05) is 23.8 Å². The molecule has 2 aromatic rings. The molecule has 0 aromatic heterocycles. The van der Waals surface area contributed by atoms with E-state index in [1.807, 2.05) is 32.0 Å². The summed E-state index contributed by atoms with van der Waals surface area (Å²) < 4.78 is 11.0. The van der Waals surface area contributed by atoms with Crippen molar-refractivity contribution in [3.05, 3.63) is 57.1 Å². The zero-order chi connectivity index (χ0) is 20.7. The lowest BCUT2D eigenvalue weighted by Crippen LogP contribution is -2.20. The van der Waals surface area contributed by atoms with Crippen LogP contribution in [0.4, 0.5) is 0 Å². The molecule has 0 bridgehead atoms. The molecule has 0 heterocycles. The van der Waals surface area contributed by atoms with E-state index in [0.29, 0.717) is 15.8 Å². The van der Waals surface area contributed by atoms with E-state index >= 15 is 0 Å². The Hall–Kier alpha value is -2.87. The first-order valence-corrected chi connectivity index (χ1v) is 9.19. The summed E-state index contributed by atoms with van der Waals surface area (Å²) in [6, 6.07) is 9.24. The first kappa shape index (κ1) is 21.4.